The largest absolute Gasteiger partial charge is 0.476 e. The molecule has 1 N–H and O–H groups in total. The van der Waals surface area contributed by atoms with E-state index < -0.39 is 5.97 Å². The summed E-state index contributed by atoms with van der Waals surface area (Å²) in [5.41, 5.74) is -0.197. The Morgan fingerprint density at radius 2 is 1.71 bits per heavy atom. The molecule has 0 unspecified atom stereocenters. The molecule has 0 aliphatic carbocycles. The summed E-state index contributed by atoms with van der Waals surface area (Å²) in [6.07, 6.45) is 1.22. The molecule has 132 valence electrons. The Kier molecular flexibility index (Phi) is 5.72. The van der Waals surface area contributed by atoms with Crippen molar-refractivity contribution in [2.45, 2.75) is 20.4 Å². The van der Waals surface area contributed by atoms with E-state index in [4.69, 9.17) is 5.11 Å². The van der Waals surface area contributed by atoms with E-state index in [9.17, 15) is 14.4 Å². The molecule has 1 aromatic rings. The second kappa shape index (κ2) is 7.75. The number of rotatable bonds is 5. The maximum absolute atomic E-state index is 12.3. The number of hydrogen-bond donors (Lipinski definition) is 1. The summed E-state index contributed by atoms with van der Waals surface area (Å²) in [5.74, 6) is -1.36. The highest BCUT2D eigenvalue weighted by molar-refractivity contribution is 5.84. The van der Waals surface area contributed by atoms with Crippen LogP contribution in [0.3, 0.4) is 0 Å². The van der Waals surface area contributed by atoms with E-state index in [1.807, 2.05) is 13.8 Å². The molecule has 3 amide bonds. The van der Waals surface area contributed by atoms with E-state index in [0.717, 1.165) is 0 Å². The number of urea groups is 1. The van der Waals surface area contributed by atoms with Gasteiger partial charge in [0.05, 0.1) is 6.20 Å². The van der Waals surface area contributed by atoms with E-state index in [-0.39, 0.29) is 24.2 Å². The number of hydrogen-bond acceptors (Lipinski definition) is 5. The molecule has 0 bridgehead atoms. The zero-order chi connectivity index (χ0) is 17.7. The highest BCUT2D eigenvalue weighted by Gasteiger charge is 2.26. The quantitative estimate of drug-likeness (QED) is 0.780. The number of aromatic nitrogens is 3. The minimum atomic E-state index is -1.18. The third kappa shape index (κ3) is 4.00. The normalized spacial score (nSPS) is 14.6. The Bertz CT molecular complexity index is 604. The minimum Gasteiger partial charge on any atom is -0.476 e. The van der Waals surface area contributed by atoms with Gasteiger partial charge in [0.1, 0.15) is 6.54 Å². The molecule has 0 saturated carbocycles. The molecular weight excluding hydrogens is 316 g/mol. The highest BCUT2D eigenvalue weighted by Crippen LogP contribution is 2.07. The first-order valence-electron chi connectivity index (χ1n) is 7.91. The van der Waals surface area contributed by atoms with Crippen LogP contribution in [0.25, 0.3) is 0 Å². The number of carboxylic acids is 1. The van der Waals surface area contributed by atoms with E-state index in [1.54, 1.807) is 14.7 Å². The van der Waals surface area contributed by atoms with Gasteiger partial charge in [-0.2, -0.15) is 0 Å². The lowest BCUT2D eigenvalue weighted by Gasteiger charge is -2.37. The summed E-state index contributed by atoms with van der Waals surface area (Å²) < 4.78 is 1.21. The molecule has 10 heteroatoms. The molecule has 0 spiro atoms. The number of aromatic carboxylic acids is 1. The standard InChI is InChI=1S/C14H22N6O4/c1-3-17(4-2)14(24)19-7-5-18(6-8-19)12(21)10-20-9-11(13(22)23)15-16-20/h9H,3-8,10H2,1-2H3,(H,22,23). The van der Waals surface area contributed by atoms with Crippen LogP contribution >= 0.6 is 0 Å². The fourth-order valence-corrected chi connectivity index (χ4v) is 2.55. The number of piperazine rings is 1. The molecule has 2 heterocycles. The fraction of sp³-hybridized carbons (Fsp3) is 0.643. The van der Waals surface area contributed by atoms with Crippen molar-refractivity contribution >= 4 is 17.9 Å². The van der Waals surface area contributed by atoms with Crippen molar-refractivity contribution in [3.63, 3.8) is 0 Å². The van der Waals surface area contributed by atoms with E-state index >= 15 is 0 Å². The maximum Gasteiger partial charge on any atom is 0.358 e. The lowest BCUT2D eigenvalue weighted by atomic mass is 10.3. The molecule has 10 nitrogen and oxygen atoms in total. The van der Waals surface area contributed by atoms with Crippen molar-refractivity contribution in [1.82, 2.24) is 29.7 Å². The molecule has 0 atom stereocenters. The predicted octanol–water partition coefficient (Wildman–Crippen LogP) is -0.418. The van der Waals surface area contributed by atoms with Gasteiger partial charge in [-0.15, -0.1) is 5.10 Å². The van der Waals surface area contributed by atoms with Crippen LogP contribution < -0.4 is 0 Å². The highest BCUT2D eigenvalue weighted by atomic mass is 16.4. The van der Waals surface area contributed by atoms with Gasteiger partial charge in [-0.25, -0.2) is 14.3 Å². The number of carbonyl (C=O) groups excluding carboxylic acids is 2. The second-order valence-corrected chi connectivity index (χ2v) is 5.43. The number of carbonyl (C=O) groups is 3. The van der Waals surface area contributed by atoms with E-state index in [0.29, 0.717) is 39.3 Å². The SMILES string of the molecule is CCN(CC)C(=O)N1CCN(C(=O)Cn2cc(C(=O)O)nn2)CC1. The van der Waals surface area contributed by atoms with Crippen molar-refractivity contribution in [3.8, 4) is 0 Å². The summed E-state index contributed by atoms with van der Waals surface area (Å²) >= 11 is 0. The van der Waals surface area contributed by atoms with Gasteiger partial charge in [-0.1, -0.05) is 5.21 Å². The van der Waals surface area contributed by atoms with Crippen LogP contribution in [0.5, 0.6) is 0 Å². The first kappa shape index (κ1) is 17.7. The molecule has 0 aromatic carbocycles. The fourth-order valence-electron chi connectivity index (χ4n) is 2.55. The van der Waals surface area contributed by atoms with E-state index in [1.165, 1.54) is 10.9 Å². The molecule has 24 heavy (non-hydrogen) atoms. The van der Waals surface area contributed by atoms with Gasteiger partial charge >= 0.3 is 12.0 Å². The molecule has 1 fully saturated rings. The molecule has 2 rings (SSSR count). The summed E-state index contributed by atoms with van der Waals surface area (Å²) in [7, 11) is 0. The van der Waals surface area contributed by atoms with Crippen LogP contribution in [-0.4, -0.2) is 92.0 Å². The van der Waals surface area contributed by atoms with Crippen molar-refractivity contribution in [3.05, 3.63) is 11.9 Å². The van der Waals surface area contributed by atoms with Crippen molar-refractivity contribution < 1.29 is 19.5 Å². The zero-order valence-electron chi connectivity index (χ0n) is 13.9. The minimum absolute atomic E-state index is 0.00512. The van der Waals surface area contributed by atoms with Crippen molar-refractivity contribution in [2.24, 2.45) is 0 Å². The molecule has 1 aliphatic rings. The van der Waals surface area contributed by atoms with Crippen LogP contribution in [0.2, 0.25) is 0 Å². The summed E-state index contributed by atoms with van der Waals surface area (Å²) in [6.45, 7) is 7.00. The average molecular weight is 338 g/mol. The van der Waals surface area contributed by atoms with Crippen LogP contribution in [0, 0.1) is 0 Å². The Hall–Kier alpha value is -2.65. The average Bonchev–Trinajstić information content (AvgIpc) is 3.04. The van der Waals surface area contributed by atoms with Gasteiger partial charge in [0.2, 0.25) is 5.91 Å². The molecular formula is C14H22N6O4. The van der Waals surface area contributed by atoms with Crippen LogP contribution in [-0.2, 0) is 11.3 Å². The summed E-state index contributed by atoms with van der Waals surface area (Å²) in [4.78, 5) is 40.4. The van der Waals surface area contributed by atoms with Gasteiger partial charge in [0, 0.05) is 39.3 Å². The van der Waals surface area contributed by atoms with Crippen LogP contribution in [0.15, 0.2) is 6.20 Å². The Labute approximate surface area is 139 Å². The van der Waals surface area contributed by atoms with Crippen LogP contribution in [0.4, 0.5) is 4.79 Å². The summed E-state index contributed by atoms with van der Waals surface area (Å²) in [5, 5.41) is 15.9. The first-order valence-corrected chi connectivity index (χ1v) is 7.91. The lowest BCUT2D eigenvalue weighted by Crippen LogP contribution is -2.54. The van der Waals surface area contributed by atoms with Gasteiger partial charge in [0.15, 0.2) is 5.69 Å². The molecule has 1 saturated heterocycles. The Morgan fingerprint density at radius 3 is 2.21 bits per heavy atom. The predicted molar refractivity (Wildman–Crippen MR) is 83.5 cm³/mol. The topological polar surface area (TPSA) is 112 Å². The number of nitrogens with zero attached hydrogens (tertiary/aromatic N) is 6. The number of carboxylic acid groups (broad SMARTS) is 1. The third-order valence-corrected chi connectivity index (χ3v) is 3.99. The monoisotopic (exact) mass is 338 g/mol. The van der Waals surface area contributed by atoms with Gasteiger partial charge in [0.25, 0.3) is 0 Å². The van der Waals surface area contributed by atoms with Gasteiger partial charge in [-0.3, -0.25) is 4.79 Å². The third-order valence-electron chi connectivity index (χ3n) is 3.99. The lowest BCUT2D eigenvalue weighted by molar-refractivity contribution is -0.133. The van der Waals surface area contributed by atoms with Gasteiger partial charge in [-0.05, 0) is 13.8 Å². The van der Waals surface area contributed by atoms with Crippen molar-refractivity contribution in [2.75, 3.05) is 39.3 Å². The number of amides is 3. The van der Waals surface area contributed by atoms with Crippen molar-refractivity contribution in [1.29, 1.82) is 0 Å². The smallest absolute Gasteiger partial charge is 0.358 e. The first-order chi connectivity index (χ1) is 11.5. The zero-order valence-corrected chi connectivity index (χ0v) is 13.9. The van der Waals surface area contributed by atoms with E-state index in [2.05, 4.69) is 10.3 Å². The molecule has 0 radical (unpaired) electrons. The molecule has 1 aliphatic heterocycles. The molecule has 1 aromatic heterocycles. The second-order valence-electron chi connectivity index (χ2n) is 5.43. The maximum atomic E-state index is 12.3. The van der Waals surface area contributed by atoms with Crippen LogP contribution in [0.1, 0.15) is 24.3 Å². The van der Waals surface area contributed by atoms with Gasteiger partial charge < -0.3 is 19.8 Å². The summed E-state index contributed by atoms with van der Waals surface area (Å²) in [6, 6.07) is -0.00512. The Balaban J connectivity index is 1.86. The Morgan fingerprint density at radius 1 is 1.12 bits per heavy atom.